The maximum absolute atomic E-state index is 11.8. The van der Waals surface area contributed by atoms with Crippen molar-refractivity contribution in [1.82, 2.24) is 0 Å². The lowest BCUT2D eigenvalue weighted by molar-refractivity contribution is 0.111. The van der Waals surface area contributed by atoms with Gasteiger partial charge in [-0.2, -0.15) is 0 Å². The van der Waals surface area contributed by atoms with Gasteiger partial charge in [-0.15, -0.1) is 0 Å². The number of methoxy groups -OCH3 is 8. The quantitative estimate of drug-likeness (QED) is 0.110. The van der Waals surface area contributed by atoms with Crippen molar-refractivity contribution in [2.75, 3.05) is 56.9 Å². The molecular formula is C57H54O10. The maximum Gasteiger partial charge on any atom is 0.150 e. The monoisotopic (exact) mass is 898 g/mol. The molecule has 0 spiro atoms. The molecule has 0 saturated carbocycles. The van der Waals surface area contributed by atoms with Crippen LogP contribution in [-0.4, -0.2) is 69.5 Å². The van der Waals surface area contributed by atoms with E-state index in [0.717, 1.165) is 90.5 Å². The number of hydrogen-bond acceptors (Lipinski definition) is 10. The standard InChI is InChI=1S/C57H54O10/c1-60-50-26-42-19-44-28-56(66-7)46(30-54(44)64-5)21-47-31-55(65-6)45(29-57(47)67-8)20-43-27-51(61-2)41(25-53(43)63-4)18-39-23-48(36-13-9-34(32-58)10-14-36)38(17-40(50)24-52(42)62-3)22-49(39)37-15-11-35(33-59)12-16-37/h9-16,22-33H,17-21H2,1-8H3. The average Bonchev–Trinajstić information content (AvgIpc) is 3.37. The van der Waals surface area contributed by atoms with Gasteiger partial charge in [-0.05, 0) is 94.0 Å². The number of aldehydes is 2. The van der Waals surface area contributed by atoms with Crippen molar-refractivity contribution in [3.05, 3.63) is 176 Å². The Morgan fingerprint density at radius 3 is 0.657 bits per heavy atom. The summed E-state index contributed by atoms with van der Waals surface area (Å²) in [6.07, 6.45) is 4.02. The summed E-state index contributed by atoms with van der Waals surface area (Å²) < 4.78 is 48.8. The van der Waals surface area contributed by atoms with E-state index in [9.17, 15) is 9.59 Å². The molecule has 17 rings (SSSR count). The zero-order chi connectivity index (χ0) is 47.2. The number of ether oxygens (including phenoxy) is 8. The zero-order valence-corrected chi connectivity index (χ0v) is 39.2. The van der Waals surface area contributed by atoms with Gasteiger partial charge < -0.3 is 37.9 Å². The summed E-state index contributed by atoms with van der Waals surface area (Å²) in [4.78, 5) is 23.7. The van der Waals surface area contributed by atoms with Crippen LogP contribution in [0, 0.1) is 0 Å². The zero-order valence-electron chi connectivity index (χ0n) is 39.2. The summed E-state index contributed by atoms with van der Waals surface area (Å²) in [6, 6.07) is 35.9. The molecule has 0 aromatic heterocycles. The van der Waals surface area contributed by atoms with Gasteiger partial charge in [0.2, 0.25) is 0 Å². The predicted molar refractivity (Wildman–Crippen MR) is 260 cm³/mol. The number of hydrogen-bond donors (Lipinski definition) is 0. The smallest absolute Gasteiger partial charge is 0.150 e. The minimum absolute atomic E-state index is 0.460. The van der Waals surface area contributed by atoms with Gasteiger partial charge in [-0.1, -0.05) is 48.5 Å². The molecule has 0 radical (unpaired) electrons. The van der Waals surface area contributed by atoms with Crippen molar-refractivity contribution >= 4 is 12.6 Å². The number of benzene rings is 7. The summed E-state index contributed by atoms with van der Waals surface area (Å²) in [5, 5.41) is 0. The van der Waals surface area contributed by atoms with E-state index in [4.69, 9.17) is 37.9 Å². The molecule has 0 unspecified atom stereocenters. The first-order valence-corrected chi connectivity index (χ1v) is 21.9. The van der Waals surface area contributed by atoms with E-state index in [-0.39, 0.29) is 0 Å². The van der Waals surface area contributed by atoms with Crippen molar-refractivity contribution in [3.8, 4) is 68.2 Å². The van der Waals surface area contributed by atoms with Gasteiger partial charge in [0.1, 0.15) is 58.6 Å². The molecule has 0 fully saturated rings. The normalized spacial score (nSPS) is 12.0. The Morgan fingerprint density at radius 1 is 0.284 bits per heavy atom. The van der Waals surface area contributed by atoms with Gasteiger partial charge in [0.15, 0.2) is 0 Å². The highest BCUT2D eigenvalue weighted by Crippen LogP contribution is 2.43. The van der Waals surface area contributed by atoms with Crippen LogP contribution in [0.2, 0.25) is 0 Å². The Morgan fingerprint density at radius 2 is 0.478 bits per heavy atom. The van der Waals surface area contributed by atoms with Crippen molar-refractivity contribution in [1.29, 1.82) is 0 Å². The van der Waals surface area contributed by atoms with Crippen LogP contribution in [0.25, 0.3) is 22.3 Å². The van der Waals surface area contributed by atoms with Crippen molar-refractivity contribution in [3.63, 3.8) is 0 Å². The van der Waals surface area contributed by atoms with Crippen LogP contribution in [0.3, 0.4) is 0 Å². The first-order valence-electron chi connectivity index (χ1n) is 21.9. The molecule has 0 amide bonds. The Bertz CT molecular complexity index is 2750. The largest absolute Gasteiger partial charge is 0.496 e. The van der Waals surface area contributed by atoms with Crippen LogP contribution in [-0.2, 0) is 32.1 Å². The highest BCUT2D eigenvalue weighted by molar-refractivity contribution is 5.82. The molecule has 10 bridgehead atoms. The second-order valence-electron chi connectivity index (χ2n) is 16.4. The Hall–Kier alpha value is -7.72. The van der Waals surface area contributed by atoms with E-state index in [1.165, 1.54) is 0 Å². The van der Waals surface area contributed by atoms with Crippen LogP contribution in [0.1, 0.15) is 76.4 Å². The van der Waals surface area contributed by atoms with E-state index in [1.807, 2.05) is 97.1 Å². The van der Waals surface area contributed by atoms with Gasteiger partial charge in [-0.25, -0.2) is 0 Å². The molecule has 7 aromatic carbocycles. The number of carbonyl (C=O) groups is 2. The average molecular weight is 899 g/mol. The SMILES string of the molecule is COc1cc2c(OC)cc1Cc1cc(OC)c(cc1OC)Cc1cc(OC)c(cc1OC)Cc1cc(-c3ccc(C=O)cc3)c(cc1-c1ccc(C=O)cc1)Cc1cc(OC)c(cc1OC)C2. The molecule has 10 heteroatoms. The summed E-state index contributed by atoms with van der Waals surface area (Å²) in [5.74, 6) is 5.52. The first kappa shape index (κ1) is 45.8. The third-order valence-electron chi connectivity index (χ3n) is 12.7. The second-order valence-corrected chi connectivity index (χ2v) is 16.4. The van der Waals surface area contributed by atoms with Gasteiger partial charge in [0, 0.05) is 87.7 Å². The molecule has 10 aliphatic carbocycles. The molecule has 342 valence electrons. The minimum Gasteiger partial charge on any atom is -0.496 e. The van der Waals surface area contributed by atoms with Crippen molar-refractivity contribution < 1.29 is 47.5 Å². The molecule has 67 heavy (non-hydrogen) atoms. The van der Waals surface area contributed by atoms with E-state index in [1.54, 1.807) is 56.9 Å². The highest BCUT2D eigenvalue weighted by Gasteiger charge is 2.23. The second kappa shape index (κ2) is 20.2. The minimum atomic E-state index is 0.460. The molecular weight excluding hydrogens is 845 g/mol. The number of carbonyl (C=O) groups excluding carboxylic acids is 2. The fourth-order valence-corrected chi connectivity index (χ4v) is 9.23. The number of rotatable bonds is 12. The van der Waals surface area contributed by atoms with Crippen LogP contribution in [0.15, 0.2) is 109 Å². The van der Waals surface area contributed by atoms with Crippen LogP contribution < -0.4 is 37.9 Å². The van der Waals surface area contributed by atoms with Crippen LogP contribution >= 0.6 is 0 Å². The lowest BCUT2D eigenvalue weighted by Crippen LogP contribution is -2.04. The Kier molecular flexibility index (Phi) is 13.8. The highest BCUT2D eigenvalue weighted by atomic mass is 16.5. The summed E-state index contributed by atoms with van der Waals surface area (Å²) in [5.41, 5.74) is 14.2. The van der Waals surface area contributed by atoms with Gasteiger partial charge in [-0.3, -0.25) is 9.59 Å². The molecule has 0 N–H and O–H groups in total. The van der Waals surface area contributed by atoms with Crippen LogP contribution in [0.4, 0.5) is 0 Å². The first-order chi connectivity index (χ1) is 32.7. The lowest BCUT2D eigenvalue weighted by Gasteiger charge is -2.21. The van der Waals surface area contributed by atoms with Crippen molar-refractivity contribution in [2.45, 2.75) is 32.1 Å². The fraction of sp³-hybridized carbons (Fsp3) is 0.228. The molecule has 0 heterocycles. The van der Waals surface area contributed by atoms with E-state index in [0.29, 0.717) is 89.2 Å². The molecule has 0 saturated heterocycles. The predicted octanol–water partition coefficient (Wildman–Crippen LogP) is 11.0. The fourth-order valence-electron chi connectivity index (χ4n) is 9.23. The van der Waals surface area contributed by atoms with Gasteiger partial charge >= 0.3 is 0 Å². The third kappa shape index (κ3) is 9.38. The summed E-state index contributed by atoms with van der Waals surface area (Å²) in [7, 11) is 13.4. The lowest BCUT2D eigenvalue weighted by atomic mass is 9.85. The maximum atomic E-state index is 11.8. The summed E-state index contributed by atoms with van der Waals surface area (Å²) in [6.45, 7) is 0. The van der Waals surface area contributed by atoms with Crippen LogP contribution in [0.5, 0.6) is 46.0 Å². The van der Waals surface area contributed by atoms with Gasteiger partial charge in [0.25, 0.3) is 0 Å². The molecule has 10 aliphatic rings. The van der Waals surface area contributed by atoms with Gasteiger partial charge in [0.05, 0.1) is 56.9 Å². The molecule has 0 atom stereocenters. The molecule has 10 nitrogen and oxygen atoms in total. The molecule has 7 aromatic rings. The molecule has 0 aliphatic heterocycles. The van der Waals surface area contributed by atoms with Crippen molar-refractivity contribution in [2.24, 2.45) is 0 Å². The Balaban J connectivity index is 1.42. The topological polar surface area (TPSA) is 108 Å². The third-order valence-corrected chi connectivity index (χ3v) is 12.7. The van der Waals surface area contributed by atoms with E-state index >= 15 is 0 Å². The Labute approximate surface area is 391 Å². The van der Waals surface area contributed by atoms with E-state index < -0.39 is 0 Å². The summed E-state index contributed by atoms with van der Waals surface area (Å²) >= 11 is 0. The van der Waals surface area contributed by atoms with E-state index in [2.05, 4.69) is 12.1 Å².